The molecule has 2 atom stereocenters. The Bertz CT molecular complexity index is 852. The maximum atomic E-state index is 13.0. The number of rotatable bonds is 3. The van der Waals surface area contributed by atoms with Crippen molar-refractivity contribution < 1.29 is 23.1 Å². The fourth-order valence-electron chi connectivity index (χ4n) is 3.25. The molecule has 3 rings (SSSR count). The fraction of sp³-hybridized carbons (Fsp3) is 0.316. The van der Waals surface area contributed by atoms with Gasteiger partial charge in [0, 0.05) is 20.5 Å². The Morgan fingerprint density at radius 1 is 1.19 bits per heavy atom. The number of fused-ring (bicyclic) bond motifs is 1. The van der Waals surface area contributed by atoms with E-state index in [4.69, 9.17) is 0 Å². The van der Waals surface area contributed by atoms with Gasteiger partial charge in [0.05, 0.1) is 29.1 Å². The molecule has 8 heteroatoms. The van der Waals surface area contributed by atoms with E-state index in [1.54, 1.807) is 25.1 Å². The molecule has 2 amide bonds. The smallest absolute Gasteiger partial charge is 0.390 e. The second-order valence-electron chi connectivity index (χ2n) is 6.67. The molecule has 2 aromatic carbocycles. The van der Waals surface area contributed by atoms with Crippen molar-refractivity contribution in [3.8, 4) is 0 Å². The third-order valence-electron chi connectivity index (χ3n) is 4.54. The lowest BCUT2D eigenvalue weighted by atomic mass is 10.1. The van der Waals surface area contributed by atoms with Crippen molar-refractivity contribution in [3.05, 3.63) is 59.2 Å². The van der Waals surface area contributed by atoms with Crippen LogP contribution in [0.1, 0.15) is 22.7 Å². The van der Waals surface area contributed by atoms with Crippen molar-refractivity contribution in [1.82, 2.24) is 5.32 Å². The topological polar surface area (TPSA) is 64.6 Å². The Morgan fingerprint density at radius 2 is 1.89 bits per heavy atom. The number of hydrogen-bond acceptors (Lipinski definition) is 3. The minimum atomic E-state index is -4.52. The van der Waals surface area contributed by atoms with E-state index >= 15 is 0 Å². The zero-order chi connectivity index (χ0) is 19.8. The molecular weight excluding hydrogens is 359 g/mol. The normalized spacial score (nSPS) is 18.7. The minimum Gasteiger partial charge on any atom is -0.390 e. The summed E-state index contributed by atoms with van der Waals surface area (Å²) in [6.45, 7) is 0. The number of nitrogens with one attached hydrogen (secondary N) is 2. The molecule has 3 N–H and O–H groups in total. The van der Waals surface area contributed by atoms with Gasteiger partial charge in [-0.1, -0.05) is 24.3 Å². The van der Waals surface area contributed by atoms with Gasteiger partial charge in [-0.2, -0.15) is 13.2 Å². The Labute approximate surface area is 154 Å². The van der Waals surface area contributed by atoms with Crippen molar-refractivity contribution in [2.75, 3.05) is 24.3 Å². The maximum Gasteiger partial charge on any atom is 0.416 e. The van der Waals surface area contributed by atoms with Gasteiger partial charge in [-0.05, 0) is 29.3 Å². The summed E-state index contributed by atoms with van der Waals surface area (Å²) in [5.74, 6) is 0. The predicted molar refractivity (Wildman–Crippen MR) is 96.8 cm³/mol. The first-order chi connectivity index (χ1) is 12.7. The molecule has 0 aromatic heterocycles. The van der Waals surface area contributed by atoms with Gasteiger partial charge in [-0.15, -0.1) is 0 Å². The first-order valence-corrected chi connectivity index (χ1v) is 8.39. The number of carbonyl (C=O) groups is 1. The van der Waals surface area contributed by atoms with Crippen molar-refractivity contribution >= 4 is 17.4 Å². The quantitative estimate of drug-likeness (QED) is 0.764. The molecule has 2 aromatic rings. The Morgan fingerprint density at radius 3 is 2.56 bits per heavy atom. The van der Waals surface area contributed by atoms with Crippen LogP contribution in [0.3, 0.4) is 0 Å². The second-order valence-corrected chi connectivity index (χ2v) is 6.67. The number of carbonyl (C=O) groups excluding carboxylic acids is 1. The molecule has 0 unspecified atom stereocenters. The van der Waals surface area contributed by atoms with Crippen LogP contribution in [0, 0.1) is 0 Å². The molecule has 0 saturated heterocycles. The van der Waals surface area contributed by atoms with Crippen LogP contribution in [0.15, 0.2) is 42.5 Å². The van der Waals surface area contributed by atoms with Gasteiger partial charge < -0.3 is 20.6 Å². The summed E-state index contributed by atoms with van der Waals surface area (Å²) >= 11 is 0. The number of hydrogen-bond donors (Lipinski definition) is 3. The van der Waals surface area contributed by atoms with Crippen LogP contribution >= 0.6 is 0 Å². The Kier molecular flexibility index (Phi) is 5.01. The molecule has 1 aliphatic carbocycles. The molecule has 0 bridgehead atoms. The minimum absolute atomic E-state index is 0.0353. The van der Waals surface area contributed by atoms with Crippen LogP contribution in [0.4, 0.5) is 29.3 Å². The number of nitrogens with zero attached hydrogens (tertiary/aromatic N) is 1. The van der Waals surface area contributed by atoms with E-state index in [1.165, 1.54) is 6.07 Å². The highest BCUT2D eigenvalue weighted by atomic mass is 19.4. The number of aliphatic hydroxyl groups is 1. The third kappa shape index (κ3) is 4.00. The zero-order valence-electron chi connectivity index (χ0n) is 14.8. The third-order valence-corrected chi connectivity index (χ3v) is 4.54. The lowest BCUT2D eigenvalue weighted by Crippen LogP contribution is -2.37. The summed E-state index contributed by atoms with van der Waals surface area (Å²) in [5.41, 5.74) is 1.36. The van der Waals surface area contributed by atoms with Gasteiger partial charge in [-0.3, -0.25) is 0 Å². The van der Waals surface area contributed by atoms with Crippen molar-refractivity contribution in [2.24, 2.45) is 0 Å². The standard InChI is InChI=1S/C19H20F3N3O2/c1-25(2)15-8-7-12(19(20,21)22)10-14(15)23-18(27)24-17-13-6-4-3-5-11(13)9-16(17)26/h3-8,10,16-17,26H,9H2,1-2H3,(H2,23,24,27)/t16-,17+/m0/s1. The van der Waals surface area contributed by atoms with Gasteiger partial charge >= 0.3 is 12.2 Å². The summed E-state index contributed by atoms with van der Waals surface area (Å²) in [6.07, 6.45) is -4.89. The molecular formula is C19H20F3N3O2. The molecule has 0 fully saturated rings. The molecule has 0 saturated carbocycles. The van der Waals surface area contributed by atoms with Gasteiger partial charge in [-0.25, -0.2) is 4.79 Å². The molecule has 0 radical (unpaired) electrons. The molecule has 144 valence electrons. The van der Waals surface area contributed by atoms with E-state index in [9.17, 15) is 23.1 Å². The molecule has 5 nitrogen and oxygen atoms in total. The van der Waals surface area contributed by atoms with Crippen LogP contribution in [-0.4, -0.2) is 31.3 Å². The van der Waals surface area contributed by atoms with E-state index in [2.05, 4.69) is 10.6 Å². The predicted octanol–water partition coefficient (Wildman–Crippen LogP) is 3.55. The Hall–Kier alpha value is -2.74. The number of amides is 2. The number of alkyl halides is 3. The Balaban J connectivity index is 1.81. The van der Waals surface area contributed by atoms with Crippen LogP contribution in [0.2, 0.25) is 0 Å². The number of urea groups is 1. The van der Waals surface area contributed by atoms with Gasteiger partial charge in [0.15, 0.2) is 0 Å². The number of anilines is 2. The summed E-state index contributed by atoms with van der Waals surface area (Å²) in [7, 11) is 3.34. The van der Waals surface area contributed by atoms with Crippen LogP contribution < -0.4 is 15.5 Å². The van der Waals surface area contributed by atoms with Gasteiger partial charge in [0.2, 0.25) is 0 Å². The average molecular weight is 379 g/mol. The van der Waals surface area contributed by atoms with E-state index in [0.29, 0.717) is 12.1 Å². The van der Waals surface area contributed by atoms with Crippen molar-refractivity contribution in [1.29, 1.82) is 0 Å². The number of aliphatic hydroxyl groups excluding tert-OH is 1. The van der Waals surface area contributed by atoms with Crippen LogP contribution in [-0.2, 0) is 12.6 Å². The van der Waals surface area contributed by atoms with Crippen molar-refractivity contribution in [3.63, 3.8) is 0 Å². The van der Waals surface area contributed by atoms with E-state index in [-0.39, 0.29) is 5.69 Å². The SMILES string of the molecule is CN(C)c1ccc(C(F)(F)F)cc1NC(=O)N[C@@H]1c2ccccc2C[C@@H]1O. The lowest BCUT2D eigenvalue weighted by molar-refractivity contribution is -0.137. The molecule has 0 aliphatic heterocycles. The van der Waals surface area contributed by atoms with E-state index < -0.39 is 29.9 Å². The highest BCUT2D eigenvalue weighted by molar-refractivity contribution is 5.93. The summed E-state index contributed by atoms with van der Waals surface area (Å²) < 4.78 is 39.0. The molecule has 27 heavy (non-hydrogen) atoms. The zero-order valence-corrected chi connectivity index (χ0v) is 14.8. The van der Waals surface area contributed by atoms with Crippen LogP contribution in [0.5, 0.6) is 0 Å². The lowest BCUT2D eigenvalue weighted by Gasteiger charge is -2.22. The molecule has 1 aliphatic rings. The van der Waals surface area contributed by atoms with E-state index in [0.717, 1.165) is 23.3 Å². The second kappa shape index (κ2) is 7.11. The maximum absolute atomic E-state index is 13.0. The summed E-state index contributed by atoms with van der Waals surface area (Å²) in [6, 6.07) is 9.20. The number of halogens is 3. The van der Waals surface area contributed by atoms with Gasteiger partial charge in [0.25, 0.3) is 0 Å². The first-order valence-electron chi connectivity index (χ1n) is 8.39. The van der Waals surface area contributed by atoms with Crippen molar-refractivity contribution in [2.45, 2.75) is 24.7 Å². The average Bonchev–Trinajstić information content (AvgIpc) is 2.89. The largest absolute Gasteiger partial charge is 0.416 e. The molecule has 0 heterocycles. The summed E-state index contributed by atoms with van der Waals surface area (Å²) in [4.78, 5) is 14.0. The highest BCUT2D eigenvalue weighted by Gasteiger charge is 2.33. The first kappa shape index (κ1) is 19.0. The highest BCUT2D eigenvalue weighted by Crippen LogP contribution is 2.35. The van der Waals surface area contributed by atoms with E-state index in [1.807, 2.05) is 18.2 Å². The van der Waals surface area contributed by atoms with Crippen LogP contribution in [0.25, 0.3) is 0 Å². The van der Waals surface area contributed by atoms with Gasteiger partial charge in [0.1, 0.15) is 0 Å². The fourth-order valence-corrected chi connectivity index (χ4v) is 3.25. The monoisotopic (exact) mass is 379 g/mol. The molecule has 0 spiro atoms. The summed E-state index contributed by atoms with van der Waals surface area (Å²) in [5, 5.41) is 15.4. The number of benzene rings is 2.